The third-order valence-electron chi connectivity index (χ3n) is 14.4. The summed E-state index contributed by atoms with van der Waals surface area (Å²) in [6.45, 7) is 11.9. The molecule has 6 fully saturated rings. The Labute approximate surface area is 336 Å². The Bertz CT molecular complexity index is 2140. The highest BCUT2D eigenvalue weighted by atomic mass is 35.5. The molecule has 0 radical (unpaired) electrons. The molecule has 4 aliphatic carbocycles. The van der Waals surface area contributed by atoms with Crippen molar-refractivity contribution in [3.8, 4) is 11.8 Å². The van der Waals surface area contributed by atoms with Crippen molar-refractivity contribution < 1.29 is 33.5 Å². The highest BCUT2D eigenvalue weighted by molar-refractivity contribution is 6.31. The van der Waals surface area contributed by atoms with E-state index in [1.54, 1.807) is 30.3 Å². The predicted molar refractivity (Wildman–Crippen MR) is 205 cm³/mol. The van der Waals surface area contributed by atoms with Crippen LogP contribution in [0.25, 0.3) is 0 Å². The minimum Gasteiger partial charge on any atom is -0.489 e. The Morgan fingerprint density at radius 3 is 2.09 bits per heavy atom. The minimum atomic E-state index is -0.981. The number of carbonyl (C=O) groups is 6. The van der Waals surface area contributed by atoms with Crippen LogP contribution in [0.5, 0.6) is 5.75 Å². The summed E-state index contributed by atoms with van der Waals surface area (Å²) in [4.78, 5) is 83.7. The van der Waals surface area contributed by atoms with Gasteiger partial charge in [0.2, 0.25) is 23.6 Å². The van der Waals surface area contributed by atoms with Gasteiger partial charge in [0.15, 0.2) is 0 Å². The number of nitrogens with one attached hydrogen (secondary N) is 2. The average Bonchev–Trinajstić information content (AvgIpc) is 3.63. The Morgan fingerprint density at radius 1 is 0.912 bits per heavy atom. The fraction of sp³-hybridized carbons (Fsp3) is 0.558. The number of nitriles is 1. The van der Waals surface area contributed by atoms with Crippen molar-refractivity contribution in [3.05, 3.63) is 63.2 Å². The van der Waals surface area contributed by atoms with Gasteiger partial charge in [-0.25, -0.2) is 0 Å². The fourth-order valence-electron chi connectivity index (χ4n) is 11.7. The molecule has 0 spiro atoms. The van der Waals surface area contributed by atoms with Gasteiger partial charge >= 0.3 is 0 Å². The second-order valence-corrected chi connectivity index (χ2v) is 19.3. The molecule has 57 heavy (non-hydrogen) atoms. The zero-order valence-corrected chi connectivity index (χ0v) is 33.5. The van der Waals surface area contributed by atoms with E-state index >= 15 is 0 Å². The number of amides is 6. The topological polar surface area (TPSA) is 169 Å². The summed E-state index contributed by atoms with van der Waals surface area (Å²) in [5.41, 5.74) is 1.36. The summed E-state index contributed by atoms with van der Waals surface area (Å²) in [7, 11) is 0. The van der Waals surface area contributed by atoms with Crippen molar-refractivity contribution in [2.75, 3.05) is 19.6 Å². The van der Waals surface area contributed by atoms with Crippen LogP contribution in [0.15, 0.2) is 30.3 Å². The van der Waals surface area contributed by atoms with Gasteiger partial charge < -0.3 is 15.0 Å². The molecule has 14 heteroatoms. The lowest BCUT2D eigenvalue weighted by atomic mass is 9.34. The van der Waals surface area contributed by atoms with Gasteiger partial charge in [-0.05, 0) is 79.8 Å². The van der Waals surface area contributed by atoms with E-state index in [2.05, 4.69) is 49.3 Å². The molecular formula is C43H47ClN6O7. The van der Waals surface area contributed by atoms with Crippen molar-refractivity contribution in [1.82, 2.24) is 25.3 Å². The first-order chi connectivity index (χ1) is 27.0. The number of piperidine rings is 2. The third kappa shape index (κ3) is 5.72. The lowest BCUT2D eigenvalue weighted by Crippen LogP contribution is -2.78. The summed E-state index contributed by atoms with van der Waals surface area (Å²) >= 11 is 6.25. The summed E-state index contributed by atoms with van der Waals surface area (Å²) in [6.07, 6.45) is 3.57. The smallest absolute Gasteiger partial charge is 0.262 e. The van der Waals surface area contributed by atoms with Gasteiger partial charge in [-0.2, -0.15) is 5.26 Å². The van der Waals surface area contributed by atoms with E-state index in [1.165, 1.54) is 0 Å². The predicted octanol–water partition coefficient (Wildman–Crippen LogP) is 4.34. The van der Waals surface area contributed by atoms with Crippen molar-refractivity contribution in [3.63, 3.8) is 0 Å². The molecule has 2 bridgehead atoms. The van der Waals surface area contributed by atoms with Crippen LogP contribution in [0, 0.1) is 38.9 Å². The van der Waals surface area contributed by atoms with E-state index in [0.717, 1.165) is 35.4 Å². The molecule has 2 N–H and O–H groups in total. The number of ether oxygens (including phenoxy) is 1. The maximum Gasteiger partial charge on any atom is 0.262 e. The van der Waals surface area contributed by atoms with Gasteiger partial charge in [-0.15, -0.1) is 0 Å². The second-order valence-electron chi connectivity index (χ2n) is 18.9. The largest absolute Gasteiger partial charge is 0.489 e. The van der Waals surface area contributed by atoms with Crippen LogP contribution in [0.3, 0.4) is 0 Å². The molecule has 1 unspecified atom stereocenters. The van der Waals surface area contributed by atoms with Gasteiger partial charge in [0.1, 0.15) is 24.0 Å². The zero-order valence-electron chi connectivity index (χ0n) is 32.7. The van der Waals surface area contributed by atoms with Crippen LogP contribution in [0.1, 0.15) is 110 Å². The quantitative estimate of drug-likeness (QED) is 0.370. The molecule has 0 aromatic heterocycles. The zero-order chi connectivity index (χ0) is 40.4. The first kappa shape index (κ1) is 37.8. The molecule has 4 saturated carbocycles. The Morgan fingerprint density at radius 2 is 1.53 bits per heavy atom. The van der Waals surface area contributed by atoms with Gasteiger partial charge in [0, 0.05) is 62.1 Å². The molecule has 13 nitrogen and oxygen atoms in total. The molecule has 2 aromatic carbocycles. The van der Waals surface area contributed by atoms with Crippen LogP contribution in [0.4, 0.5) is 0 Å². The molecule has 8 aliphatic rings. The van der Waals surface area contributed by atoms with E-state index in [0.29, 0.717) is 78.8 Å². The highest BCUT2D eigenvalue weighted by Gasteiger charge is 2.76. The van der Waals surface area contributed by atoms with Crippen LogP contribution in [0.2, 0.25) is 5.02 Å². The summed E-state index contributed by atoms with van der Waals surface area (Å²) in [6, 6.07) is 9.61. The number of likely N-dealkylation sites (tertiary alicyclic amines) is 1. The minimum absolute atomic E-state index is 0.0270. The number of fused-ring (bicyclic) bond motifs is 2. The van der Waals surface area contributed by atoms with E-state index in [4.69, 9.17) is 16.3 Å². The summed E-state index contributed by atoms with van der Waals surface area (Å²) in [5.74, 6) is -0.796. The average molecular weight is 795 g/mol. The molecule has 10 rings (SSSR count). The molecule has 1 atom stereocenters. The number of imide groups is 2. The number of nitrogens with zero attached hydrogens (tertiary/aromatic N) is 4. The maximum atomic E-state index is 13.8. The third-order valence-corrected chi connectivity index (χ3v) is 14.7. The highest BCUT2D eigenvalue weighted by Crippen LogP contribution is 2.74. The lowest BCUT2D eigenvalue weighted by Gasteiger charge is -2.70. The summed E-state index contributed by atoms with van der Waals surface area (Å²) < 4.78 is 6.39. The van der Waals surface area contributed by atoms with Crippen molar-refractivity contribution in [1.29, 1.82) is 5.26 Å². The van der Waals surface area contributed by atoms with E-state index in [1.807, 2.05) is 4.90 Å². The fourth-order valence-corrected chi connectivity index (χ4v) is 11.9. The normalized spacial score (nSPS) is 31.0. The number of halogens is 1. The second kappa shape index (κ2) is 12.9. The molecule has 4 aliphatic heterocycles. The molecule has 2 saturated heterocycles. The van der Waals surface area contributed by atoms with Crippen LogP contribution < -0.4 is 15.4 Å². The molecule has 4 heterocycles. The Kier molecular flexibility index (Phi) is 8.51. The lowest BCUT2D eigenvalue weighted by molar-refractivity contribution is -0.223. The van der Waals surface area contributed by atoms with E-state index in [9.17, 15) is 34.0 Å². The van der Waals surface area contributed by atoms with Crippen molar-refractivity contribution >= 4 is 47.0 Å². The number of rotatable bonds is 8. The number of benzene rings is 2. The number of carbonyl (C=O) groups excluding carboxylic acids is 6. The maximum absolute atomic E-state index is 13.8. The van der Waals surface area contributed by atoms with Crippen LogP contribution in [-0.4, -0.2) is 88.0 Å². The van der Waals surface area contributed by atoms with Crippen molar-refractivity contribution in [2.45, 2.75) is 104 Å². The Balaban J connectivity index is 0.743. The number of hydrogen-bond donors (Lipinski definition) is 2. The van der Waals surface area contributed by atoms with Crippen LogP contribution >= 0.6 is 11.6 Å². The molecular weight excluding hydrogens is 748 g/mol. The van der Waals surface area contributed by atoms with E-state index in [-0.39, 0.29) is 47.6 Å². The number of hydrogen-bond acceptors (Lipinski definition) is 9. The van der Waals surface area contributed by atoms with Gasteiger partial charge in [0.25, 0.3) is 11.8 Å². The van der Waals surface area contributed by atoms with Crippen LogP contribution in [-0.2, 0) is 32.3 Å². The van der Waals surface area contributed by atoms with Gasteiger partial charge in [-0.1, -0.05) is 39.3 Å². The first-order valence-electron chi connectivity index (χ1n) is 20.0. The molecule has 2 aromatic rings. The first-order valence-corrected chi connectivity index (χ1v) is 20.4. The summed E-state index contributed by atoms with van der Waals surface area (Å²) in [5, 5.41) is 15.2. The van der Waals surface area contributed by atoms with E-state index < -0.39 is 40.5 Å². The van der Waals surface area contributed by atoms with Gasteiger partial charge in [-0.3, -0.25) is 43.9 Å². The standard InChI is InChI=1S/C43H47ClN6O7/c1-40(2)36(41(3,4)37(40)57-27-6-5-24(16-45)30(44)15-27)47-38(55)42-20-43(21-42,22-42)39(56)49-11-9-23(10-12-49)17-48-18-25-13-28-29(14-26(25)19-48)35(54)50(34(28)53)31-7-8-32(51)46-33(31)52/h5-6,13-15,23,31,36-37H,7-12,17-22H2,1-4H3,(H,47,55)(H,46,51,52). The monoisotopic (exact) mass is 794 g/mol. The Hall–Kier alpha value is -4.80. The SMILES string of the molecule is CC1(C)C(NC(=O)C23CC(C(=O)N4CCC(CN5Cc6cc7c(cc6C5)C(=O)N(C5CCC(=O)NC5=O)C7=O)CC4)(C2)C3)C(C)(C)C1Oc1ccc(C#N)c(Cl)c1. The molecule has 298 valence electrons. The van der Waals surface area contributed by atoms with Crippen molar-refractivity contribution in [2.24, 2.45) is 27.6 Å². The molecule has 6 amide bonds. The van der Waals surface area contributed by atoms with Gasteiger partial charge in [0.05, 0.1) is 32.5 Å².